The Balaban J connectivity index is 1.57. The molecule has 0 saturated carbocycles. The van der Waals surface area contributed by atoms with Crippen molar-refractivity contribution in [1.82, 2.24) is 15.5 Å². The highest BCUT2D eigenvalue weighted by Gasteiger charge is 2.22. The molecular weight excluding hydrogens is 326 g/mol. The summed E-state index contributed by atoms with van der Waals surface area (Å²) in [5, 5.41) is 11.4. The Morgan fingerprint density at radius 3 is 3.00 bits per heavy atom. The van der Waals surface area contributed by atoms with Crippen LogP contribution in [0.4, 0.5) is 0 Å². The molecule has 1 N–H and O–H groups in total. The van der Waals surface area contributed by atoms with Crippen LogP contribution >= 0.6 is 15.9 Å². The summed E-state index contributed by atoms with van der Waals surface area (Å²) in [7, 11) is 0. The predicted octanol–water partition coefficient (Wildman–Crippen LogP) is 2.61. The molecular formula is C13H16BrN3O3. The van der Waals surface area contributed by atoms with E-state index in [0.29, 0.717) is 40.7 Å². The Morgan fingerprint density at radius 2 is 2.30 bits per heavy atom. The predicted molar refractivity (Wildman–Crippen MR) is 74.9 cm³/mol. The molecule has 2 aromatic rings. The topological polar surface area (TPSA) is 73.3 Å². The first-order valence-electron chi connectivity index (χ1n) is 6.61. The van der Waals surface area contributed by atoms with Crippen LogP contribution in [0.1, 0.15) is 19.2 Å². The van der Waals surface area contributed by atoms with Gasteiger partial charge in [-0.2, -0.15) is 0 Å². The van der Waals surface area contributed by atoms with Crippen molar-refractivity contribution in [3.63, 3.8) is 0 Å². The molecule has 2 aromatic heterocycles. The number of aromatic nitrogens is 2. The van der Waals surface area contributed by atoms with Crippen LogP contribution in [-0.2, 0) is 11.3 Å². The molecule has 7 heteroatoms. The van der Waals surface area contributed by atoms with E-state index in [0.717, 1.165) is 19.6 Å². The molecule has 108 valence electrons. The maximum atomic E-state index is 5.57. The lowest BCUT2D eigenvalue weighted by Gasteiger charge is -2.17. The number of hydrogen-bond donors (Lipinski definition) is 1. The molecule has 0 spiro atoms. The highest BCUT2D eigenvalue weighted by atomic mass is 79.9. The Hall–Kier alpha value is -1.18. The summed E-state index contributed by atoms with van der Waals surface area (Å²) >= 11 is 3.24. The largest absolute Gasteiger partial charge is 0.444 e. The number of nitrogens with one attached hydrogen (secondary N) is 1. The van der Waals surface area contributed by atoms with Crippen LogP contribution in [0.2, 0.25) is 0 Å². The smallest absolute Gasteiger partial charge is 0.283 e. The van der Waals surface area contributed by atoms with Crippen LogP contribution in [0.15, 0.2) is 25.6 Å². The van der Waals surface area contributed by atoms with E-state index in [1.165, 1.54) is 0 Å². The van der Waals surface area contributed by atoms with Crippen molar-refractivity contribution in [2.75, 3.05) is 13.2 Å². The van der Waals surface area contributed by atoms with E-state index in [1.54, 1.807) is 12.1 Å². The number of hydrogen-bond acceptors (Lipinski definition) is 6. The van der Waals surface area contributed by atoms with E-state index in [-0.39, 0.29) is 0 Å². The molecule has 0 amide bonds. The van der Waals surface area contributed by atoms with Gasteiger partial charge in [0.2, 0.25) is 5.89 Å². The SMILES string of the molecule is C[C@@H](NCc1nnc(-c2ccc(Br)o2)o1)[C@@H]1CCOC1. The van der Waals surface area contributed by atoms with Crippen molar-refractivity contribution >= 4 is 15.9 Å². The lowest BCUT2D eigenvalue weighted by atomic mass is 10.0. The average Bonchev–Trinajstić information content (AvgIpc) is 3.16. The Morgan fingerprint density at radius 1 is 1.40 bits per heavy atom. The lowest BCUT2D eigenvalue weighted by molar-refractivity contribution is 0.177. The van der Waals surface area contributed by atoms with Crippen LogP contribution in [-0.4, -0.2) is 29.5 Å². The zero-order valence-electron chi connectivity index (χ0n) is 11.1. The second kappa shape index (κ2) is 6.07. The molecule has 0 aliphatic carbocycles. The number of ether oxygens (including phenoxy) is 1. The zero-order chi connectivity index (χ0) is 13.9. The number of nitrogens with zero attached hydrogens (tertiary/aromatic N) is 2. The fourth-order valence-electron chi connectivity index (χ4n) is 2.22. The standard InChI is InChI=1S/C13H16BrN3O3/c1-8(9-4-5-18-7-9)15-6-12-16-17-13(20-12)10-2-3-11(14)19-10/h2-3,8-9,15H,4-7H2,1H3/t8-,9-/m1/s1. The molecule has 20 heavy (non-hydrogen) atoms. The maximum Gasteiger partial charge on any atom is 0.283 e. The molecule has 2 atom stereocenters. The summed E-state index contributed by atoms with van der Waals surface area (Å²) in [5.41, 5.74) is 0. The molecule has 1 aliphatic heterocycles. The first kappa shape index (κ1) is 13.8. The van der Waals surface area contributed by atoms with E-state index < -0.39 is 0 Å². The van der Waals surface area contributed by atoms with Gasteiger partial charge in [-0.3, -0.25) is 0 Å². The molecule has 3 rings (SSSR count). The van der Waals surface area contributed by atoms with Gasteiger partial charge in [0.05, 0.1) is 13.2 Å². The minimum atomic E-state index is 0.366. The van der Waals surface area contributed by atoms with Crippen LogP contribution in [0.3, 0.4) is 0 Å². The highest BCUT2D eigenvalue weighted by Crippen LogP contribution is 2.24. The van der Waals surface area contributed by atoms with E-state index in [9.17, 15) is 0 Å². The first-order chi connectivity index (χ1) is 9.72. The van der Waals surface area contributed by atoms with Gasteiger partial charge in [0, 0.05) is 12.6 Å². The molecule has 0 unspecified atom stereocenters. The van der Waals surface area contributed by atoms with Gasteiger partial charge in [0.1, 0.15) is 0 Å². The first-order valence-corrected chi connectivity index (χ1v) is 7.41. The monoisotopic (exact) mass is 341 g/mol. The summed E-state index contributed by atoms with van der Waals surface area (Å²) in [4.78, 5) is 0. The van der Waals surface area contributed by atoms with E-state index >= 15 is 0 Å². The van der Waals surface area contributed by atoms with Gasteiger partial charge in [-0.25, -0.2) is 0 Å². The van der Waals surface area contributed by atoms with Gasteiger partial charge >= 0.3 is 0 Å². The Bertz CT molecular complexity index is 563. The van der Waals surface area contributed by atoms with Gasteiger partial charge in [0.15, 0.2) is 10.4 Å². The van der Waals surface area contributed by atoms with Crippen molar-refractivity contribution < 1.29 is 13.6 Å². The van der Waals surface area contributed by atoms with Crippen molar-refractivity contribution in [2.24, 2.45) is 5.92 Å². The number of furan rings is 1. The molecule has 0 aromatic carbocycles. The normalized spacial score (nSPS) is 20.4. The molecule has 0 bridgehead atoms. The summed E-state index contributed by atoms with van der Waals surface area (Å²) in [6, 6.07) is 3.94. The van der Waals surface area contributed by atoms with Gasteiger partial charge in [-0.1, -0.05) is 0 Å². The lowest BCUT2D eigenvalue weighted by Crippen LogP contribution is -2.33. The summed E-state index contributed by atoms with van der Waals surface area (Å²) in [6.07, 6.45) is 1.10. The Kier molecular flexibility index (Phi) is 4.18. The quantitative estimate of drug-likeness (QED) is 0.900. The van der Waals surface area contributed by atoms with Crippen LogP contribution in [0.5, 0.6) is 0 Å². The van der Waals surface area contributed by atoms with E-state index in [4.69, 9.17) is 13.6 Å². The summed E-state index contributed by atoms with van der Waals surface area (Å²) in [6.45, 7) is 4.38. The minimum absolute atomic E-state index is 0.366. The van der Waals surface area contributed by atoms with Crippen molar-refractivity contribution in [2.45, 2.75) is 25.9 Å². The molecule has 1 aliphatic rings. The third kappa shape index (κ3) is 3.11. The fraction of sp³-hybridized carbons (Fsp3) is 0.538. The van der Waals surface area contributed by atoms with Crippen molar-refractivity contribution in [3.05, 3.63) is 22.7 Å². The van der Waals surface area contributed by atoms with Gasteiger partial charge in [0.25, 0.3) is 5.89 Å². The van der Waals surface area contributed by atoms with Crippen LogP contribution < -0.4 is 5.32 Å². The third-order valence-electron chi connectivity index (χ3n) is 3.50. The maximum absolute atomic E-state index is 5.57. The van der Waals surface area contributed by atoms with Gasteiger partial charge < -0.3 is 18.9 Å². The van der Waals surface area contributed by atoms with Crippen LogP contribution in [0.25, 0.3) is 11.7 Å². The zero-order valence-corrected chi connectivity index (χ0v) is 12.7. The van der Waals surface area contributed by atoms with E-state index in [2.05, 4.69) is 38.4 Å². The van der Waals surface area contributed by atoms with Gasteiger partial charge in [-0.05, 0) is 47.3 Å². The third-order valence-corrected chi connectivity index (χ3v) is 3.92. The van der Waals surface area contributed by atoms with Crippen molar-refractivity contribution in [1.29, 1.82) is 0 Å². The average molecular weight is 342 g/mol. The minimum Gasteiger partial charge on any atom is -0.444 e. The van der Waals surface area contributed by atoms with Crippen molar-refractivity contribution in [3.8, 4) is 11.7 Å². The van der Waals surface area contributed by atoms with Crippen LogP contribution in [0, 0.1) is 5.92 Å². The van der Waals surface area contributed by atoms with E-state index in [1.807, 2.05) is 0 Å². The number of rotatable bonds is 5. The second-order valence-electron chi connectivity index (χ2n) is 4.90. The molecule has 1 fully saturated rings. The second-order valence-corrected chi connectivity index (χ2v) is 5.68. The van der Waals surface area contributed by atoms with Gasteiger partial charge in [-0.15, -0.1) is 10.2 Å². The molecule has 0 radical (unpaired) electrons. The highest BCUT2D eigenvalue weighted by molar-refractivity contribution is 9.10. The number of halogens is 1. The Labute approximate surface area is 125 Å². The summed E-state index contributed by atoms with van der Waals surface area (Å²) < 4.78 is 17.0. The molecule has 3 heterocycles. The molecule has 1 saturated heterocycles. The molecule has 6 nitrogen and oxygen atoms in total. The summed E-state index contributed by atoms with van der Waals surface area (Å²) in [5.74, 6) is 2.06. The fourth-order valence-corrected chi connectivity index (χ4v) is 2.52.